The summed E-state index contributed by atoms with van der Waals surface area (Å²) in [6.07, 6.45) is 0. The highest BCUT2D eigenvalue weighted by Gasteiger charge is 2.18. The van der Waals surface area contributed by atoms with Gasteiger partial charge in [0.15, 0.2) is 0 Å². The Morgan fingerprint density at radius 1 is 0.971 bits per heavy atom. The molecule has 1 amide bonds. The van der Waals surface area contributed by atoms with Crippen LogP contribution >= 0.6 is 11.8 Å². The number of carbonyl (C=O) groups excluding carboxylic acids is 1. The molecule has 5 nitrogen and oxygen atoms in total. The second kappa shape index (κ2) is 8.83. The van der Waals surface area contributed by atoms with Crippen molar-refractivity contribution in [3.63, 3.8) is 0 Å². The monoisotopic (exact) mass is 470 g/mol. The number of anilines is 2. The number of hydrogen-bond acceptors (Lipinski definition) is 4. The number of rotatable bonds is 4. The smallest absolute Gasteiger partial charge is 0.273 e. The number of halogens is 1. The first-order valence-corrected chi connectivity index (χ1v) is 11.7. The zero-order valence-electron chi connectivity index (χ0n) is 19.0. The van der Waals surface area contributed by atoms with Gasteiger partial charge in [-0.05, 0) is 80.9 Å². The number of para-hydroxylation sites is 1. The molecular formula is C27H23FN4OS. The molecule has 34 heavy (non-hydrogen) atoms. The van der Waals surface area contributed by atoms with Crippen LogP contribution in [0.2, 0.25) is 0 Å². The molecule has 5 rings (SSSR count). The number of nitrogens with zero attached hydrogens (tertiary/aromatic N) is 2. The number of nitrogens with one attached hydrogen (secondary N) is 2. The summed E-state index contributed by atoms with van der Waals surface area (Å²) in [6.45, 7) is 5.65. The van der Waals surface area contributed by atoms with Gasteiger partial charge in [-0.2, -0.15) is 5.10 Å². The normalized spacial score (nSPS) is 12.5. The molecule has 7 heteroatoms. The Hall–Kier alpha value is -3.84. The summed E-state index contributed by atoms with van der Waals surface area (Å²) in [5.41, 5.74) is 9.38. The summed E-state index contributed by atoms with van der Waals surface area (Å²) >= 11 is 1.73. The van der Waals surface area contributed by atoms with Crippen LogP contribution in [-0.4, -0.2) is 16.2 Å². The summed E-state index contributed by atoms with van der Waals surface area (Å²) in [4.78, 5) is 15.3. The van der Waals surface area contributed by atoms with Crippen LogP contribution < -0.4 is 10.7 Å². The van der Waals surface area contributed by atoms with E-state index in [1.165, 1.54) is 17.0 Å². The Morgan fingerprint density at radius 3 is 2.50 bits per heavy atom. The Morgan fingerprint density at radius 2 is 1.71 bits per heavy atom. The van der Waals surface area contributed by atoms with Crippen LogP contribution in [0.3, 0.4) is 0 Å². The van der Waals surface area contributed by atoms with E-state index in [4.69, 9.17) is 0 Å². The lowest BCUT2D eigenvalue weighted by Gasteiger charge is -2.21. The summed E-state index contributed by atoms with van der Waals surface area (Å²) in [7, 11) is 0. The molecule has 2 N–H and O–H groups in total. The average Bonchev–Trinajstić information content (AvgIpc) is 3.15. The van der Waals surface area contributed by atoms with Crippen LogP contribution in [-0.2, 0) is 0 Å². The molecule has 0 unspecified atom stereocenters. The van der Waals surface area contributed by atoms with E-state index >= 15 is 0 Å². The van der Waals surface area contributed by atoms with Gasteiger partial charge in [0.25, 0.3) is 5.91 Å². The fourth-order valence-electron chi connectivity index (χ4n) is 4.10. The molecule has 1 aromatic heterocycles. The van der Waals surface area contributed by atoms with Crippen molar-refractivity contribution in [3.8, 4) is 5.69 Å². The molecule has 2 heterocycles. The van der Waals surface area contributed by atoms with Crippen LogP contribution in [0.5, 0.6) is 0 Å². The van der Waals surface area contributed by atoms with Gasteiger partial charge in [0.1, 0.15) is 5.82 Å². The molecule has 1 aliphatic heterocycles. The van der Waals surface area contributed by atoms with Gasteiger partial charge < -0.3 is 9.88 Å². The molecule has 0 spiro atoms. The van der Waals surface area contributed by atoms with Crippen LogP contribution in [0, 0.1) is 19.7 Å². The highest BCUT2D eigenvalue weighted by Crippen LogP contribution is 2.44. The van der Waals surface area contributed by atoms with Crippen LogP contribution in [0.25, 0.3) is 5.69 Å². The Bertz CT molecular complexity index is 1440. The molecule has 1 aliphatic rings. The number of aromatic nitrogens is 1. The molecule has 170 valence electrons. The molecule has 0 saturated heterocycles. The molecule has 0 aliphatic carbocycles. The SMILES string of the molecule is CC(=NNC(=O)c1cc(C)n(-c2ccc(F)cc2)c1C)c1ccc2c(c1)Nc1ccccc1S2. The minimum absolute atomic E-state index is 0.290. The fraction of sp³-hybridized carbons (Fsp3) is 0.111. The van der Waals surface area contributed by atoms with E-state index in [1.807, 2.05) is 55.7 Å². The van der Waals surface area contributed by atoms with Crippen molar-refractivity contribution in [1.29, 1.82) is 0 Å². The van der Waals surface area contributed by atoms with Gasteiger partial charge in [-0.15, -0.1) is 0 Å². The molecule has 0 radical (unpaired) electrons. The molecule has 0 bridgehead atoms. The van der Waals surface area contributed by atoms with Crippen molar-refractivity contribution in [3.05, 3.63) is 101 Å². The number of benzene rings is 3. The maximum atomic E-state index is 13.3. The second-order valence-corrected chi connectivity index (χ2v) is 9.25. The average molecular weight is 471 g/mol. The first kappa shape index (κ1) is 22.0. The standard InChI is InChI=1S/C27H23FN4OS/c1-16-14-22(18(3)32(16)21-11-9-20(28)10-12-21)27(33)31-30-17(2)19-8-13-26-24(15-19)29-23-6-4-5-7-25(23)34-26/h4-15,29H,1-3H3,(H,31,33). The highest BCUT2D eigenvalue weighted by molar-refractivity contribution is 7.99. The third-order valence-electron chi connectivity index (χ3n) is 5.86. The van der Waals surface area contributed by atoms with Crippen molar-refractivity contribution in [2.75, 3.05) is 5.32 Å². The third kappa shape index (κ3) is 4.10. The zero-order valence-corrected chi connectivity index (χ0v) is 19.8. The van der Waals surface area contributed by atoms with Crippen LogP contribution in [0.4, 0.5) is 15.8 Å². The van der Waals surface area contributed by atoms with E-state index in [2.05, 4.69) is 34.0 Å². The van der Waals surface area contributed by atoms with Crippen molar-refractivity contribution in [2.24, 2.45) is 5.10 Å². The first-order valence-electron chi connectivity index (χ1n) is 10.9. The van der Waals surface area contributed by atoms with E-state index < -0.39 is 0 Å². The fourth-order valence-corrected chi connectivity index (χ4v) is 5.07. The minimum atomic E-state index is -0.297. The van der Waals surface area contributed by atoms with Gasteiger partial charge in [-0.1, -0.05) is 30.0 Å². The van der Waals surface area contributed by atoms with E-state index in [-0.39, 0.29) is 11.7 Å². The zero-order chi connectivity index (χ0) is 23.8. The van der Waals surface area contributed by atoms with Gasteiger partial charge in [0.05, 0.1) is 22.6 Å². The van der Waals surface area contributed by atoms with Crippen molar-refractivity contribution < 1.29 is 9.18 Å². The first-order chi connectivity index (χ1) is 16.4. The number of hydrogen-bond donors (Lipinski definition) is 2. The molecular weight excluding hydrogens is 447 g/mol. The lowest BCUT2D eigenvalue weighted by atomic mass is 10.1. The number of amides is 1. The number of fused-ring (bicyclic) bond motifs is 2. The maximum absolute atomic E-state index is 13.3. The molecule has 4 aromatic rings. The van der Waals surface area contributed by atoms with Crippen molar-refractivity contribution in [2.45, 2.75) is 30.6 Å². The quantitative estimate of drug-likeness (QED) is 0.230. The van der Waals surface area contributed by atoms with Gasteiger partial charge in [-0.3, -0.25) is 4.79 Å². The summed E-state index contributed by atoms with van der Waals surface area (Å²) in [5.74, 6) is -0.587. The third-order valence-corrected chi connectivity index (χ3v) is 7.01. The van der Waals surface area contributed by atoms with Crippen LogP contribution in [0.1, 0.15) is 34.2 Å². The Balaban J connectivity index is 1.35. The predicted molar refractivity (Wildman–Crippen MR) is 135 cm³/mol. The topological polar surface area (TPSA) is 58.4 Å². The van der Waals surface area contributed by atoms with Gasteiger partial charge in [0.2, 0.25) is 0 Å². The number of carbonyl (C=O) groups is 1. The number of aryl methyl sites for hydroxylation is 1. The molecule has 3 aromatic carbocycles. The van der Waals surface area contributed by atoms with E-state index in [0.29, 0.717) is 11.3 Å². The van der Waals surface area contributed by atoms with Gasteiger partial charge >= 0.3 is 0 Å². The van der Waals surface area contributed by atoms with Gasteiger partial charge in [0, 0.05) is 26.9 Å². The minimum Gasteiger partial charge on any atom is -0.354 e. The number of hydrazone groups is 1. The summed E-state index contributed by atoms with van der Waals surface area (Å²) in [5, 5.41) is 7.82. The lowest BCUT2D eigenvalue weighted by Crippen LogP contribution is -2.20. The predicted octanol–water partition coefficient (Wildman–Crippen LogP) is 6.60. The largest absolute Gasteiger partial charge is 0.354 e. The molecule has 0 saturated carbocycles. The maximum Gasteiger partial charge on any atom is 0.273 e. The summed E-state index contributed by atoms with van der Waals surface area (Å²) in [6, 6.07) is 22.3. The Labute approximate surface area is 201 Å². The molecule has 0 atom stereocenters. The van der Waals surface area contributed by atoms with E-state index in [0.717, 1.165) is 38.9 Å². The summed E-state index contributed by atoms with van der Waals surface area (Å²) < 4.78 is 15.2. The van der Waals surface area contributed by atoms with Crippen molar-refractivity contribution in [1.82, 2.24) is 9.99 Å². The van der Waals surface area contributed by atoms with Gasteiger partial charge in [-0.25, -0.2) is 9.82 Å². The van der Waals surface area contributed by atoms with E-state index in [1.54, 1.807) is 23.9 Å². The van der Waals surface area contributed by atoms with Crippen molar-refractivity contribution >= 4 is 34.8 Å². The highest BCUT2D eigenvalue weighted by atomic mass is 32.2. The van der Waals surface area contributed by atoms with E-state index in [9.17, 15) is 9.18 Å². The Kier molecular flexibility index (Phi) is 5.71. The second-order valence-electron chi connectivity index (χ2n) is 8.17. The lowest BCUT2D eigenvalue weighted by molar-refractivity contribution is 0.0954. The molecule has 0 fully saturated rings. The van der Waals surface area contributed by atoms with Crippen LogP contribution in [0.15, 0.2) is 87.7 Å².